The van der Waals surface area contributed by atoms with E-state index in [4.69, 9.17) is 4.74 Å². The third-order valence-electron chi connectivity index (χ3n) is 6.32. The predicted octanol–water partition coefficient (Wildman–Crippen LogP) is 2.75. The molecule has 122 valence electrons. The van der Waals surface area contributed by atoms with Crippen molar-refractivity contribution >= 4 is 11.8 Å². The second-order valence-electron chi connectivity index (χ2n) is 7.56. The molecule has 3 rings (SSSR count). The Morgan fingerprint density at radius 2 is 2.00 bits per heavy atom. The first kappa shape index (κ1) is 16.1. The van der Waals surface area contributed by atoms with Crippen LogP contribution in [0.15, 0.2) is 0 Å². The zero-order chi connectivity index (χ0) is 14.9. The number of rotatable bonds is 4. The Morgan fingerprint density at radius 3 is 2.57 bits per heavy atom. The van der Waals surface area contributed by atoms with Crippen LogP contribution < -0.4 is 5.32 Å². The molecule has 3 aliphatic rings. The maximum absolute atomic E-state index is 6.25. The molecule has 0 amide bonds. The molecule has 2 heterocycles. The molecule has 4 heteroatoms. The van der Waals surface area contributed by atoms with E-state index in [1.54, 1.807) is 0 Å². The zero-order valence-electron chi connectivity index (χ0n) is 14.0. The van der Waals surface area contributed by atoms with E-state index in [1.807, 2.05) is 0 Å². The molecule has 3 atom stereocenters. The molecule has 0 aromatic carbocycles. The molecule has 3 nitrogen and oxygen atoms in total. The summed E-state index contributed by atoms with van der Waals surface area (Å²) in [5.74, 6) is 3.27. The minimum absolute atomic E-state index is 0.203. The average Bonchev–Trinajstić information content (AvgIpc) is 3.11. The third-order valence-corrected chi connectivity index (χ3v) is 7.54. The average molecular weight is 313 g/mol. The lowest BCUT2D eigenvalue weighted by Gasteiger charge is -2.50. The highest BCUT2D eigenvalue weighted by atomic mass is 32.2. The maximum Gasteiger partial charge on any atom is 0.0783 e. The van der Waals surface area contributed by atoms with Gasteiger partial charge in [-0.1, -0.05) is 12.8 Å². The van der Waals surface area contributed by atoms with Crippen molar-refractivity contribution in [3.05, 3.63) is 0 Å². The summed E-state index contributed by atoms with van der Waals surface area (Å²) < 4.78 is 6.25. The molecule has 1 aliphatic carbocycles. The molecular weight excluding hydrogens is 280 g/mol. The fourth-order valence-electron chi connectivity index (χ4n) is 5.18. The van der Waals surface area contributed by atoms with E-state index in [1.165, 1.54) is 56.5 Å². The zero-order valence-corrected chi connectivity index (χ0v) is 14.8. The van der Waals surface area contributed by atoms with Crippen molar-refractivity contribution in [1.82, 2.24) is 10.2 Å². The molecule has 0 bridgehead atoms. The van der Waals surface area contributed by atoms with Gasteiger partial charge < -0.3 is 15.0 Å². The summed E-state index contributed by atoms with van der Waals surface area (Å²) in [6.07, 6.45) is 9.24. The molecule has 1 N–H and O–H groups in total. The van der Waals surface area contributed by atoms with Crippen LogP contribution in [0, 0.1) is 5.92 Å². The Kier molecular flexibility index (Phi) is 4.90. The molecule has 3 fully saturated rings. The van der Waals surface area contributed by atoms with Crippen LogP contribution in [-0.2, 0) is 4.74 Å². The second kappa shape index (κ2) is 6.38. The normalized spacial score (nSPS) is 37.4. The highest BCUT2D eigenvalue weighted by Crippen LogP contribution is 2.46. The standard InChI is InChI=1S/C17H32N2OS/c1-18-15(17(19(2)3)7-4-5-8-17)14-6-10-20-16(12-14)9-11-21-13-16/h14-15,18H,4-13H2,1-3H3. The quantitative estimate of drug-likeness (QED) is 0.863. The first-order valence-electron chi connectivity index (χ1n) is 8.68. The van der Waals surface area contributed by atoms with Crippen LogP contribution in [0.2, 0.25) is 0 Å². The topological polar surface area (TPSA) is 24.5 Å². The summed E-state index contributed by atoms with van der Waals surface area (Å²) in [6.45, 7) is 0.965. The van der Waals surface area contributed by atoms with Crippen molar-refractivity contribution in [3.63, 3.8) is 0 Å². The highest BCUT2D eigenvalue weighted by Gasteiger charge is 2.50. The lowest BCUT2D eigenvalue weighted by atomic mass is 9.72. The van der Waals surface area contributed by atoms with E-state index in [-0.39, 0.29) is 5.60 Å². The minimum atomic E-state index is 0.203. The number of hydrogen-bond donors (Lipinski definition) is 1. The summed E-state index contributed by atoms with van der Waals surface area (Å²) in [5, 5.41) is 3.74. The van der Waals surface area contributed by atoms with E-state index in [0.717, 1.165) is 12.5 Å². The molecule has 21 heavy (non-hydrogen) atoms. The Bertz CT molecular complexity index is 349. The first-order valence-corrected chi connectivity index (χ1v) is 9.84. The number of hydrogen-bond acceptors (Lipinski definition) is 4. The second-order valence-corrected chi connectivity index (χ2v) is 8.66. The smallest absolute Gasteiger partial charge is 0.0783 e. The monoisotopic (exact) mass is 312 g/mol. The van der Waals surface area contributed by atoms with Crippen molar-refractivity contribution in [3.8, 4) is 0 Å². The van der Waals surface area contributed by atoms with Crippen LogP contribution >= 0.6 is 11.8 Å². The van der Waals surface area contributed by atoms with Crippen molar-refractivity contribution < 1.29 is 4.74 Å². The summed E-state index contributed by atoms with van der Waals surface area (Å²) in [6, 6.07) is 0.612. The molecule has 3 unspecified atom stereocenters. The van der Waals surface area contributed by atoms with E-state index >= 15 is 0 Å². The highest BCUT2D eigenvalue weighted by molar-refractivity contribution is 7.99. The molecule has 1 spiro atoms. The third kappa shape index (κ3) is 2.89. The van der Waals surface area contributed by atoms with Crippen LogP contribution in [0.3, 0.4) is 0 Å². The lowest BCUT2D eigenvalue weighted by molar-refractivity contribution is -0.0950. The molecule has 2 saturated heterocycles. The van der Waals surface area contributed by atoms with Crippen molar-refractivity contribution in [2.24, 2.45) is 5.92 Å². The van der Waals surface area contributed by atoms with Crippen LogP contribution in [0.4, 0.5) is 0 Å². The molecule has 0 radical (unpaired) electrons. The Morgan fingerprint density at radius 1 is 1.24 bits per heavy atom. The molecule has 0 aromatic rings. The predicted molar refractivity (Wildman–Crippen MR) is 91.1 cm³/mol. The van der Waals surface area contributed by atoms with Gasteiger partial charge in [0.25, 0.3) is 0 Å². The summed E-state index contributed by atoms with van der Waals surface area (Å²) >= 11 is 2.08. The van der Waals surface area contributed by atoms with Crippen molar-refractivity contribution in [2.75, 3.05) is 39.3 Å². The fourth-order valence-corrected chi connectivity index (χ4v) is 6.56. The summed E-state index contributed by atoms with van der Waals surface area (Å²) in [4.78, 5) is 2.52. The minimum Gasteiger partial charge on any atom is -0.374 e. The van der Waals surface area contributed by atoms with Crippen molar-refractivity contribution in [1.29, 1.82) is 0 Å². The fraction of sp³-hybridized carbons (Fsp3) is 1.00. The molecule has 1 saturated carbocycles. The Balaban J connectivity index is 1.78. The number of ether oxygens (including phenoxy) is 1. The van der Waals surface area contributed by atoms with E-state index < -0.39 is 0 Å². The van der Waals surface area contributed by atoms with Gasteiger partial charge in [-0.25, -0.2) is 0 Å². The van der Waals surface area contributed by atoms with Crippen molar-refractivity contribution in [2.45, 2.75) is 62.1 Å². The number of nitrogens with zero attached hydrogens (tertiary/aromatic N) is 1. The Hall–Kier alpha value is 0.230. The summed E-state index contributed by atoms with van der Waals surface area (Å²) in [7, 11) is 6.76. The van der Waals surface area contributed by atoms with Crippen LogP contribution in [0.1, 0.15) is 44.9 Å². The molecule has 2 aliphatic heterocycles. The van der Waals surface area contributed by atoms with Gasteiger partial charge >= 0.3 is 0 Å². The van der Waals surface area contributed by atoms with E-state index in [0.29, 0.717) is 11.6 Å². The van der Waals surface area contributed by atoms with Gasteiger partial charge in [0.05, 0.1) is 5.60 Å². The Labute approximate surface area is 134 Å². The van der Waals surface area contributed by atoms with Crippen LogP contribution in [0.25, 0.3) is 0 Å². The first-order chi connectivity index (χ1) is 10.1. The molecule has 0 aromatic heterocycles. The number of likely N-dealkylation sites (N-methyl/N-ethyl adjacent to an activating group) is 2. The number of thioether (sulfide) groups is 1. The van der Waals surface area contributed by atoms with Gasteiger partial charge in [0.15, 0.2) is 0 Å². The lowest BCUT2D eigenvalue weighted by Crippen LogP contribution is -2.61. The van der Waals surface area contributed by atoms with Gasteiger partial charge in [-0.3, -0.25) is 0 Å². The van der Waals surface area contributed by atoms with Crippen LogP contribution in [-0.4, -0.2) is 61.3 Å². The SMILES string of the molecule is CNC(C1CCOC2(CCSC2)C1)C1(N(C)C)CCCC1. The van der Waals surface area contributed by atoms with E-state index in [2.05, 4.69) is 43.1 Å². The van der Waals surface area contributed by atoms with Gasteiger partial charge in [0.2, 0.25) is 0 Å². The summed E-state index contributed by atoms with van der Waals surface area (Å²) in [5.41, 5.74) is 0.568. The number of nitrogens with one attached hydrogen (secondary N) is 1. The van der Waals surface area contributed by atoms with Gasteiger partial charge in [0, 0.05) is 23.9 Å². The van der Waals surface area contributed by atoms with Gasteiger partial charge in [-0.15, -0.1) is 0 Å². The van der Waals surface area contributed by atoms with Gasteiger partial charge in [0.1, 0.15) is 0 Å². The largest absolute Gasteiger partial charge is 0.374 e. The van der Waals surface area contributed by atoms with Gasteiger partial charge in [-0.2, -0.15) is 11.8 Å². The van der Waals surface area contributed by atoms with Crippen LogP contribution in [0.5, 0.6) is 0 Å². The maximum atomic E-state index is 6.25. The molecular formula is C17H32N2OS. The van der Waals surface area contributed by atoms with E-state index in [9.17, 15) is 0 Å². The van der Waals surface area contributed by atoms with Gasteiger partial charge in [-0.05, 0) is 64.9 Å².